The number of nitrogens with zero attached hydrogens (tertiary/aromatic N) is 2. The van der Waals surface area contributed by atoms with E-state index in [9.17, 15) is 13.2 Å². The number of hydrogen-bond acceptors (Lipinski definition) is 4. The van der Waals surface area contributed by atoms with Gasteiger partial charge in [0, 0.05) is 11.0 Å². The van der Waals surface area contributed by atoms with Crippen molar-refractivity contribution in [1.82, 2.24) is 4.31 Å². The van der Waals surface area contributed by atoms with Crippen molar-refractivity contribution in [3.05, 3.63) is 86.8 Å². The minimum absolute atomic E-state index is 0.0486. The number of amides is 1. The first kappa shape index (κ1) is 24.0. The smallest absolute Gasteiger partial charge is 0.243 e. The van der Waals surface area contributed by atoms with Crippen molar-refractivity contribution in [2.45, 2.75) is 11.4 Å². The standard InChI is InChI=1S/C23H19BrCl2N2O4S/c24-17-6-8-18(9-7-17)33(30,31)27(14-16-5-10-19(25)20(26)13-16)15-23(29)28-11-12-32-22-4-2-1-3-21(22)28/h1-10,13H,11-12,14-15H2. The molecule has 0 fully saturated rings. The van der Waals surface area contributed by atoms with Gasteiger partial charge in [-0.2, -0.15) is 4.31 Å². The van der Waals surface area contributed by atoms with Gasteiger partial charge >= 0.3 is 0 Å². The molecule has 10 heteroatoms. The third-order valence-corrected chi connectivity index (χ3v) is 8.21. The van der Waals surface area contributed by atoms with Crippen molar-refractivity contribution >= 4 is 60.7 Å². The van der Waals surface area contributed by atoms with E-state index in [4.69, 9.17) is 27.9 Å². The summed E-state index contributed by atoms with van der Waals surface area (Å²) in [6.07, 6.45) is 0. The van der Waals surface area contributed by atoms with Crippen molar-refractivity contribution in [3.8, 4) is 5.75 Å². The van der Waals surface area contributed by atoms with E-state index in [-0.39, 0.29) is 23.9 Å². The highest BCUT2D eigenvalue weighted by Gasteiger charge is 2.31. The average Bonchev–Trinajstić information content (AvgIpc) is 2.81. The van der Waals surface area contributed by atoms with Crippen LogP contribution in [-0.4, -0.2) is 38.3 Å². The molecule has 0 aliphatic carbocycles. The number of carbonyl (C=O) groups excluding carboxylic acids is 1. The number of carbonyl (C=O) groups is 1. The van der Waals surface area contributed by atoms with E-state index < -0.39 is 10.0 Å². The summed E-state index contributed by atoms with van der Waals surface area (Å²) >= 11 is 15.5. The molecule has 6 nitrogen and oxygen atoms in total. The molecule has 33 heavy (non-hydrogen) atoms. The second-order valence-corrected chi connectivity index (χ2v) is 11.0. The minimum atomic E-state index is -3.99. The van der Waals surface area contributed by atoms with Gasteiger partial charge in [-0.3, -0.25) is 4.79 Å². The predicted molar refractivity (Wildman–Crippen MR) is 132 cm³/mol. The maximum absolute atomic E-state index is 13.5. The highest BCUT2D eigenvalue weighted by molar-refractivity contribution is 9.10. The molecule has 0 saturated heterocycles. The molecular formula is C23H19BrCl2N2O4S. The van der Waals surface area contributed by atoms with Gasteiger partial charge in [0.15, 0.2) is 0 Å². The Hall–Kier alpha value is -2.10. The van der Waals surface area contributed by atoms with Crippen LogP contribution in [0.25, 0.3) is 0 Å². The van der Waals surface area contributed by atoms with Crippen LogP contribution in [-0.2, 0) is 21.4 Å². The monoisotopic (exact) mass is 568 g/mol. The lowest BCUT2D eigenvalue weighted by Gasteiger charge is -2.31. The first-order valence-corrected chi connectivity index (χ1v) is 13.0. The Kier molecular flexibility index (Phi) is 7.31. The van der Waals surface area contributed by atoms with Crippen LogP contribution < -0.4 is 9.64 Å². The first-order chi connectivity index (χ1) is 15.8. The molecule has 1 heterocycles. The Balaban J connectivity index is 1.67. The van der Waals surface area contributed by atoms with Crippen molar-refractivity contribution in [2.24, 2.45) is 0 Å². The molecule has 1 amide bonds. The molecule has 0 atom stereocenters. The van der Waals surface area contributed by atoms with Gasteiger partial charge < -0.3 is 9.64 Å². The summed E-state index contributed by atoms with van der Waals surface area (Å²) in [7, 11) is -3.99. The van der Waals surface area contributed by atoms with Crippen LogP contribution in [0.4, 0.5) is 5.69 Å². The number of hydrogen-bond donors (Lipinski definition) is 0. The van der Waals surface area contributed by atoms with Crippen LogP contribution >= 0.6 is 39.1 Å². The lowest BCUT2D eigenvalue weighted by atomic mass is 10.2. The third-order valence-electron chi connectivity index (χ3n) is 5.14. The summed E-state index contributed by atoms with van der Waals surface area (Å²) in [5, 5.41) is 0.673. The fourth-order valence-electron chi connectivity index (χ4n) is 3.49. The van der Waals surface area contributed by atoms with Crippen molar-refractivity contribution < 1.29 is 17.9 Å². The maximum Gasteiger partial charge on any atom is 0.243 e. The zero-order valence-electron chi connectivity index (χ0n) is 17.2. The average molecular weight is 570 g/mol. The number of para-hydroxylation sites is 2. The molecule has 1 aliphatic heterocycles. The Bertz CT molecular complexity index is 1290. The van der Waals surface area contributed by atoms with E-state index >= 15 is 0 Å². The van der Waals surface area contributed by atoms with Gasteiger partial charge in [-0.15, -0.1) is 0 Å². The Morgan fingerprint density at radius 3 is 2.48 bits per heavy atom. The number of sulfonamides is 1. The number of rotatable bonds is 6. The van der Waals surface area contributed by atoms with E-state index in [2.05, 4.69) is 15.9 Å². The van der Waals surface area contributed by atoms with E-state index in [0.717, 1.165) is 8.78 Å². The molecule has 172 valence electrons. The highest BCUT2D eigenvalue weighted by Crippen LogP contribution is 2.32. The number of halogens is 3. The van der Waals surface area contributed by atoms with Crippen LogP contribution in [0.3, 0.4) is 0 Å². The summed E-state index contributed by atoms with van der Waals surface area (Å²) in [5.74, 6) is 0.232. The lowest BCUT2D eigenvalue weighted by molar-refractivity contribution is -0.119. The first-order valence-electron chi connectivity index (χ1n) is 9.97. The molecule has 0 N–H and O–H groups in total. The number of benzene rings is 3. The predicted octanol–water partition coefficient (Wildman–Crippen LogP) is 5.37. The quantitative estimate of drug-likeness (QED) is 0.400. The fourth-order valence-corrected chi connectivity index (χ4v) is 5.45. The van der Waals surface area contributed by atoms with Crippen LogP contribution in [0.5, 0.6) is 5.75 Å². The summed E-state index contributed by atoms with van der Waals surface area (Å²) < 4.78 is 34.6. The zero-order chi connectivity index (χ0) is 23.6. The normalized spacial score (nSPS) is 13.5. The van der Waals surface area contributed by atoms with Gasteiger partial charge in [-0.1, -0.05) is 57.3 Å². The van der Waals surface area contributed by atoms with Gasteiger partial charge in [0.25, 0.3) is 0 Å². The van der Waals surface area contributed by atoms with E-state index in [1.54, 1.807) is 53.4 Å². The Morgan fingerprint density at radius 2 is 1.76 bits per heavy atom. The number of fused-ring (bicyclic) bond motifs is 1. The number of ether oxygens (including phenoxy) is 1. The minimum Gasteiger partial charge on any atom is -0.490 e. The van der Waals surface area contributed by atoms with Crippen molar-refractivity contribution in [3.63, 3.8) is 0 Å². The lowest BCUT2D eigenvalue weighted by Crippen LogP contribution is -2.45. The van der Waals surface area contributed by atoms with Gasteiger partial charge in [-0.05, 0) is 54.1 Å². The Labute approximate surface area is 210 Å². The summed E-state index contributed by atoms with van der Waals surface area (Å²) in [4.78, 5) is 15.0. The molecule has 0 saturated carbocycles. The molecule has 0 aromatic heterocycles. The Morgan fingerprint density at radius 1 is 1.03 bits per heavy atom. The van der Waals surface area contributed by atoms with E-state index in [1.165, 1.54) is 12.1 Å². The van der Waals surface area contributed by atoms with Crippen LogP contribution in [0.15, 0.2) is 76.1 Å². The SMILES string of the molecule is O=C(CN(Cc1ccc(Cl)c(Cl)c1)S(=O)(=O)c1ccc(Br)cc1)N1CCOc2ccccc21. The summed E-state index contributed by atoms with van der Waals surface area (Å²) in [5.41, 5.74) is 1.23. The molecule has 3 aromatic carbocycles. The summed E-state index contributed by atoms with van der Waals surface area (Å²) in [6, 6.07) is 18.3. The third kappa shape index (κ3) is 5.36. The molecule has 0 spiro atoms. The largest absolute Gasteiger partial charge is 0.490 e. The van der Waals surface area contributed by atoms with Gasteiger partial charge in [-0.25, -0.2) is 8.42 Å². The maximum atomic E-state index is 13.5. The van der Waals surface area contributed by atoms with Crippen LogP contribution in [0.2, 0.25) is 10.0 Å². The molecule has 0 radical (unpaired) electrons. The van der Waals surface area contributed by atoms with Crippen LogP contribution in [0, 0.1) is 0 Å². The molecule has 0 bridgehead atoms. The van der Waals surface area contributed by atoms with E-state index in [0.29, 0.717) is 40.2 Å². The highest BCUT2D eigenvalue weighted by atomic mass is 79.9. The topological polar surface area (TPSA) is 66.9 Å². The molecule has 4 rings (SSSR count). The van der Waals surface area contributed by atoms with Gasteiger partial charge in [0.1, 0.15) is 12.4 Å². The molecule has 1 aliphatic rings. The van der Waals surface area contributed by atoms with Gasteiger partial charge in [0.2, 0.25) is 15.9 Å². The second kappa shape index (κ2) is 10.0. The van der Waals surface area contributed by atoms with Crippen molar-refractivity contribution in [2.75, 3.05) is 24.6 Å². The van der Waals surface area contributed by atoms with Gasteiger partial charge in [0.05, 0.1) is 33.7 Å². The second-order valence-electron chi connectivity index (χ2n) is 7.34. The molecule has 0 unspecified atom stereocenters. The van der Waals surface area contributed by atoms with Crippen molar-refractivity contribution in [1.29, 1.82) is 0 Å². The fraction of sp³-hybridized carbons (Fsp3) is 0.174. The molecule has 3 aromatic rings. The number of anilines is 1. The summed E-state index contributed by atoms with van der Waals surface area (Å²) in [6.45, 7) is 0.254. The van der Waals surface area contributed by atoms with Crippen LogP contribution in [0.1, 0.15) is 5.56 Å². The zero-order valence-corrected chi connectivity index (χ0v) is 21.2. The molecular weight excluding hydrogens is 551 g/mol. The van der Waals surface area contributed by atoms with E-state index in [1.807, 2.05) is 6.07 Å².